The van der Waals surface area contributed by atoms with Crippen molar-refractivity contribution in [3.8, 4) is 11.5 Å². The van der Waals surface area contributed by atoms with Gasteiger partial charge in [0.1, 0.15) is 22.9 Å². The molecule has 2 N–H and O–H groups in total. The quantitative estimate of drug-likeness (QED) is 0.183. The lowest BCUT2D eigenvalue weighted by molar-refractivity contribution is -0.138. The van der Waals surface area contributed by atoms with E-state index < -0.39 is 17.4 Å². The molecular formula is C33H42F4N4O2. The van der Waals surface area contributed by atoms with E-state index in [9.17, 15) is 13.2 Å². The fraction of sp³-hybridized carbons (Fsp3) is 0.455. The smallest absolute Gasteiger partial charge is 0.419 e. The van der Waals surface area contributed by atoms with Crippen LogP contribution >= 0.6 is 0 Å². The topological polar surface area (TPSA) is 49.0 Å². The number of benzene rings is 2. The van der Waals surface area contributed by atoms with Crippen LogP contribution in [-0.4, -0.2) is 62.2 Å². The van der Waals surface area contributed by atoms with Crippen LogP contribution in [0.5, 0.6) is 11.5 Å². The number of hydrogen-bond acceptors (Lipinski definition) is 6. The third-order valence-electron chi connectivity index (χ3n) is 7.36. The molecule has 234 valence electrons. The minimum Gasteiger partial charge on any atom is -0.464 e. The van der Waals surface area contributed by atoms with Gasteiger partial charge in [-0.15, -0.1) is 0 Å². The standard InChI is InChI=1S/C33H42F4N4O2/c1-4-6-27(43-31-11-9-25(21-28(31)32(2,3)34)23-40-16-12-38-13-17-40)7-5-20-42-30-10-8-26(22-29(30)33(35,36)37)24-41-18-14-39-15-19-41/h4-11,20-22,38-39H,12-19,23-24H2,1-3H3/b6-4-,20-5+,27-7+. The van der Waals surface area contributed by atoms with Crippen LogP contribution in [0, 0.1) is 0 Å². The molecule has 0 radical (unpaired) electrons. The van der Waals surface area contributed by atoms with Gasteiger partial charge in [-0.3, -0.25) is 9.80 Å². The van der Waals surface area contributed by atoms with Gasteiger partial charge in [0.05, 0.1) is 11.8 Å². The maximum absolute atomic E-state index is 15.3. The number of hydrogen-bond donors (Lipinski definition) is 2. The Bertz CT molecular complexity index is 1290. The number of ether oxygens (including phenoxy) is 2. The summed E-state index contributed by atoms with van der Waals surface area (Å²) in [7, 11) is 0. The van der Waals surface area contributed by atoms with Crippen molar-refractivity contribution in [3.63, 3.8) is 0 Å². The van der Waals surface area contributed by atoms with Crippen molar-refractivity contribution in [2.24, 2.45) is 0 Å². The molecule has 43 heavy (non-hydrogen) atoms. The zero-order chi connectivity index (χ0) is 30.9. The van der Waals surface area contributed by atoms with Gasteiger partial charge in [-0.2, -0.15) is 13.2 Å². The molecule has 2 saturated heterocycles. The number of allylic oxidation sites excluding steroid dienone is 4. The number of alkyl halides is 4. The van der Waals surface area contributed by atoms with Gasteiger partial charge in [-0.25, -0.2) is 4.39 Å². The minimum absolute atomic E-state index is 0.281. The number of nitrogens with one attached hydrogen (secondary N) is 2. The zero-order valence-corrected chi connectivity index (χ0v) is 25.1. The summed E-state index contributed by atoms with van der Waals surface area (Å²) in [4.78, 5) is 4.44. The van der Waals surface area contributed by atoms with Crippen LogP contribution < -0.4 is 20.1 Å². The molecule has 0 saturated carbocycles. The molecule has 0 unspecified atom stereocenters. The number of nitrogens with zero attached hydrogens (tertiary/aromatic N) is 2. The first-order valence-electron chi connectivity index (χ1n) is 14.8. The summed E-state index contributed by atoms with van der Waals surface area (Å²) in [5.74, 6) is 0.469. The van der Waals surface area contributed by atoms with Crippen LogP contribution in [0.1, 0.15) is 43.0 Å². The van der Waals surface area contributed by atoms with Gasteiger partial charge in [-0.1, -0.05) is 18.2 Å². The maximum atomic E-state index is 15.3. The van der Waals surface area contributed by atoms with Gasteiger partial charge >= 0.3 is 6.18 Å². The predicted octanol–water partition coefficient (Wildman–Crippen LogP) is 6.15. The lowest BCUT2D eigenvalue weighted by Crippen LogP contribution is -2.42. The Hall–Kier alpha value is -3.18. The van der Waals surface area contributed by atoms with Crippen molar-refractivity contribution in [1.82, 2.24) is 20.4 Å². The summed E-state index contributed by atoms with van der Waals surface area (Å²) in [6.07, 6.45) is 3.10. The highest BCUT2D eigenvalue weighted by Gasteiger charge is 2.35. The molecule has 0 spiro atoms. The fourth-order valence-electron chi connectivity index (χ4n) is 5.15. The Balaban J connectivity index is 1.48. The van der Waals surface area contributed by atoms with Crippen LogP contribution in [0.3, 0.4) is 0 Å². The van der Waals surface area contributed by atoms with Gasteiger partial charge in [-0.05, 0) is 74.4 Å². The van der Waals surface area contributed by atoms with Crippen LogP contribution in [0.4, 0.5) is 17.6 Å². The molecule has 2 aromatic rings. The largest absolute Gasteiger partial charge is 0.464 e. The van der Waals surface area contributed by atoms with Crippen LogP contribution in [-0.2, 0) is 24.9 Å². The van der Waals surface area contributed by atoms with Crippen molar-refractivity contribution < 1.29 is 27.0 Å². The van der Waals surface area contributed by atoms with Crippen LogP contribution in [0.15, 0.2) is 72.7 Å². The molecule has 2 fully saturated rings. The second-order valence-corrected chi connectivity index (χ2v) is 11.3. The molecule has 0 atom stereocenters. The highest BCUT2D eigenvalue weighted by Crippen LogP contribution is 2.38. The van der Waals surface area contributed by atoms with Crippen molar-refractivity contribution in [3.05, 3.63) is 95.0 Å². The lowest BCUT2D eigenvalue weighted by atomic mass is 9.96. The molecule has 6 nitrogen and oxygen atoms in total. The SMILES string of the molecule is C\C=C/C(=C\C=C\Oc1ccc(CN2CCNCC2)cc1C(F)(F)F)Oc1ccc(CN2CCNCC2)cc1C(C)(C)F. The molecule has 2 aromatic carbocycles. The summed E-state index contributed by atoms with van der Waals surface area (Å²) in [6.45, 7) is 12.9. The highest BCUT2D eigenvalue weighted by atomic mass is 19.4. The summed E-state index contributed by atoms with van der Waals surface area (Å²) >= 11 is 0. The Kier molecular flexibility index (Phi) is 11.4. The van der Waals surface area contributed by atoms with Gasteiger partial charge in [0.2, 0.25) is 0 Å². The first-order valence-corrected chi connectivity index (χ1v) is 14.8. The summed E-state index contributed by atoms with van der Waals surface area (Å²) in [5, 5.41) is 6.57. The first kappa shape index (κ1) is 32.7. The Labute approximate surface area is 252 Å². The first-order chi connectivity index (χ1) is 20.5. The van der Waals surface area contributed by atoms with E-state index >= 15 is 4.39 Å². The summed E-state index contributed by atoms with van der Waals surface area (Å²) in [6, 6.07) is 9.72. The molecule has 2 heterocycles. The second kappa shape index (κ2) is 15.0. The van der Waals surface area contributed by atoms with E-state index in [4.69, 9.17) is 9.47 Å². The second-order valence-electron chi connectivity index (χ2n) is 11.3. The minimum atomic E-state index is -4.57. The van der Waals surface area contributed by atoms with E-state index in [2.05, 4.69) is 20.4 Å². The fourth-order valence-corrected chi connectivity index (χ4v) is 5.15. The van der Waals surface area contributed by atoms with E-state index in [1.54, 1.807) is 30.4 Å². The predicted molar refractivity (Wildman–Crippen MR) is 162 cm³/mol. The van der Waals surface area contributed by atoms with Crippen LogP contribution in [0.2, 0.25) is 0 Å². The Morgan fingerprint density at radius 3 is 1.86 bits per heavy atom. The number of rotatable bonds is 11. The van der Waals surface area contributed by atoms with E-state index in [1.165, 1.54) is 32.3 Å². The Morgan fingerprint density at radius 1 is 0.814 bits per heavy atom. The molecule has 10 heteroatoms. The third kappa shape index (κ3) is 9.92. The molecule has 4 rings (SSSR count). The normalized spacial score (nSPS) is 18.1. The van der Waals surface area contributed by atoms with Crippen molar-refractivity contribution in [2.45, 2.75) is 45.7 Å². The Morgan fingerprint density at radius 2 is 1.35 bits per heavy atom. The van der Waals surface area contributed by atoms with Gasteiger partial charge in [0.25, 0.3) is 0 Å². The molecule has 0 aromatic heterocycles. The van der Waals surface area contributed by atoms with Gasteiger partial charge in [0, 0.05) is 71.0 Å². The van der Waals surface area contributed by atoms with Gasteiger partial charge < -0.3 is 20.1 Å². The molecule has 0 amide bonds. The van der Waals surface area contributed by atoms with Crippen LogP contribution in [0.25, 0.3) is 0 Å². The van der Waals surface area contributed by atoms with E-state index in [-0.39, 0.29) is 5.75 Å². The van der Waals surface area contributed by atoms with E-state index in [0.29, 0.717) is 29.2 Å². The molecule has 2 aliphatic heterocycles. The van der Waals surface area contributed by atoms with E-state index in [1.807, 2.05) is 19.1 Å². The average molecular weight is 603 g/mol. The van der Waals surface area contributed by atoms with Crippen molar-refractivity contribution >= 4 is 0 Å². The zero-order valence-electron chi connectivity index (χ0n) is 25.1. The lowest BCUT2D eigenvalue weighted by Gasteiger charge is -2.28. The van der Waals surface area contributed by atoms with E-state index in [0.717, 1.165) is 70.5 Å². The molecule has 2 aliphatic rings. The summed E-state index contributed by atoms with van der Waals surface area (Å²) < 4.78 is 68.4. The molecule has 0 bridgehead atoms. The third-order valence-corrected chi connectivity index (χ3v) is 7.36. The molecule has 0 aliphatic carbocycles. The van der Waals surface area contributed by atoms with Crippen molar-refractivity contribution in [2.75, 3.05) is 52.4 Å². The summed E-state index contributed by atoms with van der Waals surface area (Å²) in [5.41, 5.74) is -0.472. The average Bonchev–Trinajstić information content (AvgIpc) is 2.96. The van der Waals surface area contributed by atoms with Crippen molar-refractivity contribution in [1.29, 1.82) is 0 Å². The number of piperazine rings is 2. The van der Waals surface area contributed by atoms with Gasteiger partial charge in [0.15, 0.2) is 0 Å². The molecular weight excluding hydrogens is 560 g/mol. The monoisotopic (exact) mass is 602 g/mol. The highest BCUT2D eigenvalue weighted by molar-refractivity contribution is 5.43. The number of halogens is 4. The maximum Gasteiger partial charge on any atom is 0.419 e.